The van der Waals surface area contributed by atoms with E-state index in [0.29, 0.717) is 9.87 Å². The van der Waals surface area contributed by atoms with Crippen molar-refractivity contribution in [1.29, 1.82) is 0 Å². The van der Waals surface area contributed by atoms with Crippen LogP contribution in [0.4, 0.5) is 13.2 Å². The van der Waals surface area contributed by atoms with Crippen LogP contribution in [-0.2, 0) is 35.3 Å². The average Bonchev–Trinajstić information content (AvgIpc) is 2.95. The number of benzene rings is 3. The fourth-order valence-electron chi connectivity index (χ4n) is 4.53. The number of halogens is 4. The van der Waals surface area contributed by atoms with Crippen LogP contribution >= 0.6 is 22.6 Å². The molecule has 1 unspecified atom stereocenters. The second-order valence-corrected chi connectivity index (χ2v) is 11.9. The summed E-state index contributed by atoms with van der Waals surface area (Å²) in [6, 6.07) is 16.5. The smallest absolute Gasteiger partial charge is 0.416 e. The van der Waals surface area contributed by atoms with Crippen LogP contribution in [0.25, 0.3) is 5.57 Å². The number of hydrogen-bond acceptors (Lipinski definition) is 6. The monoisotopic (exact) mass is 697 g/mol. The molecule has 12 heteroatoms. The number of methoxy groups -OCH3 is 2. The molecule has 0 saturated heterocycles. The highest BCUT2D eigenvalue weighted by molar-refractivity contribution is 14.1. The number of rotatable bonds is 6. The van der Waals surface area contributed by atoms with E-state index in [0.717, 1.165) is 31.9 Å². The summed E-state index contributed by atoms with van der Waals surface area (Å²) < 4.78 is 82.2. The molecule has 214 valence electrons. The van der Waals surface area contributed by atoms with E-state index in [4.69, 9.17) is 9.47 Å². The number of carbonyl (C=O) groups is 2. The zero-order chi connectivity index (χ0) is 30.1. The van der Waals surface area contributed by atoms with Gasteiger partial charge in [0.25, 0.3) is 10.0 Å². The van der Waals surface area contributed by atoms with Crippen molar-refractivity contribution in [2.75, 3.05) is 14.2 Å². The van der Waals surface area contributed by atoms with Crippen LogP contribution in [0.15, 0.2) is 98.6 Å². The predicted molar refractivity (Wildman–Crippen MR) is 153 cm³/mol. The van der Waals surface area contributed by atoms with Crippen molar-refractivity contribution in [3.05, 3.63) is 116 Å². The lowest BCUT2D eigenvalue weighted by atomic mass is 9.87. The Bertz CT molecular complexity index is 1670. The highest BCUT2D eigenvalue weighted by atomic mass is 127. The van der Waals surface area contributed by atoms with E-state index in [1.807, 2.05) is 0 Å². The molecule has 41 heavy (non-hydrogen) atoms. The van der Waals surface area contributed by atoms with E-state index in [-0.39, 0.29) is 14.0 Å². The Morgan fingerprint density at radius 3 is 1.98 bits per heavy atom. The van der Waals surface area contributed by atoms with Gasteiger partial charge in [-0.3, -0.25) is 0 Å². The first-order valence-electron chi connectivity index (χ1n) is 12.0. The van der Waals surface area contributed by atoms with Gasteiger partial charge >= 0.3 is 18.1 Å². The molecule has 0 radical (unpaired) electrons. The number of alkyl halides is 3. The summed E-state index contributed by atoms with van der Waals surface area (Å²) in [5, 5.41) is 0. The molecule has 3 aromatic carbocycles. The SMILES string of the molecule is COC(=O)C1=C(C(=O)OC)N(S(=O)(=O)c2ccc(C)cc2)C(c2ccccc2C(F)(F)F)C(I)=C1c1ccccc1. The molecule has 7 nitrogen and oxygen atoms in total. The Kier molecular flexibility index (Phi) is 8.64. The summed E-state index contributed by atoms with van der Waals surface area (Å²) in [5.41, 5.74) is -1.69. The molecule has 0 amide bonds. The topological polar surface area (TPSA) is 90.0 Å². The van der Waals surface area contributed by atoms with Gasteiger partial charge < -0.3 is 9.47 Å². The van der Waals surface area contributed by atoms with Crippen molar-refractivity contribution < 1.29 is 40.7 Å². The second kappa shape index (κ2) is 11.7. The molecule has 0 spiro atoms. The Morgan fingerprint density at radius 1 is 0.854 bits per heavy atom. The van der Waals surface area contributed by atoms with Crippen LogP contribution in [0, 0.1) is 6.92 Å². The molecule has 0 aliphatic carbocycles. The Balaban J connectivity index is 2.23. The quantitative estimate of drug-likeness (QED) is 0.225. The van der Waals surface area contributed by atoms with Gasteiger partial charge in [-0.1, -0.05) is 66.2 Å². The van der Waals surface area contributed by atoms with Gasteiger partial charge in [-0.05, 0) is 58.8 Å². The van der Waals surface area contributed by atoms with E-state index in [1.165, 1.54) is 36.4 Å². The van der Waals surface area contributed by atoms with Gasteiger partial charge in [-0.2, -0.15) is 13.2 Å². The van der Waals surface area contributed by atoms with Gasteiger partial charge in [0.15, 0.2) is 5.70 Å². The fraction of sp³-hybridized carbons (Fsp3) is 0.172. The Morgan fingerprint density at radius 2 is 1.41 bits per heavy atom. The van der Waals surface area contributed by atoms with Gasteiger partial charge in [0.05, 0.1) is 24.7 Å². The highest BCUT2D eigenvalue weighted by Gasteiger charge is 2.49. The maximum Gasteiger partial charge on any atom is 0.416 e. The molecular weight excluding hydrogens is 674 g/mol. The van der Waals surface area contributed by atoms with E-state index < -0.39 is 56.6 Å². The van der Waals surface area contributed by atoms with Crippen LogP contribution < -0.4 is 0 Å². The molecule has 4 rings (SSSR count). The molecule has 0 saturated carbocycles. The number of aryl methyl sites for hydroxylation is 1. The van der Waals surface area contributed by atoms with Crippen LogP contribution in [0.5, 0.6) is 0 Å². The van der Waals surface area contributed by atoms with E-state index >= 15 is 0 Å². The molecule has 1 heterocycles. The third kappa shape index (κ3) is 5.62. The molecule has 1 aliphatic rings. The summed E-state index contributed by atoms with van der Waals surface area (Å²) in [6.07, 6.45) is -4.88. The molecule has 1 aliphatic heterocycles. The van der Waals surface area contributed by atoms with Crippen molar-refractivity contribution in [2.24, 2.45) is 0 Å². The van der Waals surface area contributed by atoms with Crippen LogP contribution in [-0.4, -0.2) is 38.9 Å². The van der Waals surface area contributed by atoms with Crippen molar-refractivity contribution in [3.8, 4) is 0 Å². The molecule has 0 fully saturated rings. The van der Waals surface area contributed by atoms with E-state index in [2.05, 4.69) is 0 Å². The lowest BCUT2D eigenvalue weighted by Crippen LogP contribution is -2.42. The minimum atomic E-state index is -4.88. The number of ether oxygens (including phenoxy) is 2. The third-order valence-corrected chi connectivity index (χ3v) is 9.30. The number of sulfonamides is 1. The molecule has 1 atom stereocenters. The standard InChI is InChI=1S/C29H23F3INO6S/c1-17-13-15-19(16-14-17)41(37,38)34-25(20-11-7-8-12-21(20)29(30,31)32)24(33)22(18-9-5-4-6-10-18)23(27(35)39-2)26(34)28(36)40-3/h4-16,25H,1-3H3. The van der Waals surface area contributed by atoms with E-state index in [9.17, 15) is 31.2 Å². The van der Waals surface area contributed by atoms with Crippen molar-refractivity contribution >= 4 is 50.1 Å². The number of nitrogens with zero attached hydrogens (tertiary/aromatic N) is 1. The lowest BCUT2D eigenvalue weighted by molar-refractivity contribution is -0.140. The minimum absolute atomic E-state index is 0.0363. The summed E-state index contributed by atoms with van der Waals surface area (Å²) in [7, 11) is -2.77. The van der Waals surface area contributed by atoms with Crippen LogP contribution in [0.1, 0.15) is 28.3 Å². The van der Waals surface area contributed by atoms with Gasteiger partial charge in [0.1, 0.15) is 11.6 Å². The molecule has 3 aromatic rings. The maximum atomic E-state index is 14.4. The zero-order valence-electron chi connectivity index (χ0n) is 21.9. The average molecular weight is 697 g/mol. The first-order valence-corrected chi connectivity index (χ1v) is 14.5. The van der Waals surface area contributed by atoms with Gasteiger partial charge in [-0.15, -0.1) is 0 Å². The van der Waals surface area contributed by atoms with Gasteiger partial charge in [0.2, 0.25) is 0 Å². The molecule has 0 aromatic heterocycles. The highest BCUT2D eigenvalue weighted by Crippen LogP contribution is 2.52. The first kappa shape index (κ1) is 30.3. The van der Waals surface area contributed by atoms with Crippen molar-refractivity contribution in [3.63, 3.8) is 0 Å². The summed E-state index contributed by atoms with van der Waals surface area (Å²) in [6.45, 7) is 1.73. The predicted octanol–water partition coefficient (Wildman–Crippen LogP) is 6.21. The Hall–Kier alpha value is -3.65. The zero-order valence-corrected chi connectivity index (χ0v) is 24.9. The normalized spacial score (nSPS) is 16.1. The van der Waals surface area contributed by atoms with Crippen molar-refractivity contribution in [1.82, 2.24) is 4.31 Å². The first-order chi connectivity index (χ1) is 19.3. The summed E-state index contributed by atoms with van der Waals surface area (Å²) in [5.74, 6) is -2.34. The fourth-order valence-corrected chi connectivity index (χ4v) is 7.53. The second-order valence-electron chi connectivity index (χ2n) is 8.90. The van der Waals surface area contributed by atoms with Crippen LogP contribution in [0.2, 0.25) is 0 Å². The lowest BCUT2D eigenvalue weighted by Gasteiger charge is -2.39. The Labute approximate surface area is 248 Å². The van der Waals surface area contributed by atoms with Gasteiger partial charge in [-0.25, -0.2) is 22.3 Å². The third-order valence-electron chi connectivity index (χ3n) is 6.39. The number of hydrogen-bond donors (Lipinski definition) is 0. The largest absolute Gasteiger partial charge is 0.465 e. The molecular formula is C29H23F3INO6S. The summed E-state index contributed by atoms with van der Waals surface area (Å²) in [4.78, 5) is 26.5. The maximum absolute atomic E-state index is 14.4. The number of carbonyl (C=O) groups excluding carboxylic acids is 2. The molecule has 0 N–H and O–H groups in total. The van der Waals surface area contributed by atoms with Gasteiger partial charge in [0, 0.05) is 9.15 Å². The number of esters is 2. The summed E-state index contributed by atoms with van der Waals surface area (Å²) >= 11 is 1.74. The van der Waals surface area contributed by atoms with Crippen LogP contribution in [0.3, 0.4) is 0 Å². The minimum Gasteiger partial charge on any atom is -0.465 e. The van der Waals surface area contributed by atoms with Crippen molar-refractivity contribution in [2.45, 2.75) is 24.0 Å². The molecule has 0 bridgehead atoms. The van der Waals surface area contributed by atoms with E-state index in [1.54, 1.807) is 59.8 Å².